The Morgan fingerprint density at radius 2 is 1.73 bits per heavy atom. The van der Waals surface area contributed by atoms with Gasteiger partial charge in [-0.3, -0.25) is 9.59 Å². The minimum atomic E-state index is -0.901. The third-order valence-corrected chi connectivity index (χ3v) is 7.55. The Balaban J connectivity index is 1.77. The van der Waals surface area contributed by atoms with Gasteiger partial charge in [0.15, 0.2) is 0 Å². The van der Waals surface area contributed by atoms with Gasteiger partial charge in [-0.2, -0.15) is 0 Å². The molecule has 5 nitrogen and oxygen atoms in total. The highest BCUT2D eigenvalue weighted by Gasteiger charge is 2.52. The van der Waals surface area contributed by atoms with Crippen LogP contribution in [0.4, 0.5) is 0 Å². The first-order chi connectivity index (χ1) is 17.9. The van der Waals surface area contributed by atoms with Gasteiger partial charge in [0.2, 0.25) is 5.78 Å². The average Bonchev–Trinajstić information content (AvgIpc) is 2.92. The van der Waals surface area contributed by atoms with E-state index in [4.69, 9.17) is 21.1 Å². The van der Waals surface area contributed by atoms with Crippen LogP contribution in [0.2, 0.25) is 5.02 Å². The molecule has 3 aromatic carbocycles. The number of allylic oxidation sites excluding steroid dienone is 1. The lowest BCUT2D eigenvalue weighted by Gasteiger charge is -2.47. The third-order valence-electron chi connectivity index (χ3n) is 7.32. The van der Waals surface area contributed by atoms with Crippen molar-refractivity contribution in [3.8, 4) is 5.75 Å². The minimum Gasteiger partial charge on any atom is -0.485 e. The zero-order valence-electron chi connectivity index (χ0n) is 20.6. The molecular weight excluding hydrogens is 488 g/mol. The molecule has 0 unspecified atom stereocenters. The zero-order chi connectivity index (χ0) is 26.1. The van der Waals surface area contributed by atoms with E-state index in [1.54, 1.807) is 25.1 Å². The fourth-order valence-electron chi connectivity index (χ4n) is 5.73. The summed E-state index contributed by atoms with van der Waals surface area (Å²) in [4.78, 5) is 39.4. The van der Waals surface area contributed by atoms with Gasteiger partial charge in [0.05, 0.1) is 6.61 Å². The molecule has 0 bridgehead atoms. The number of aldehydes is 1. The predicted molar refractivity (Wildman–Crippen MR) is 141 cm³/mol. The van der Waals surface area contributed by atoms with Gasteiger partial charge in [-0.1, -0.05) is 77.8 Å². The Morgan fingerprint density at radius 3 is 2.41 bits per heavy atom. The van der Waals surface area contributed by atoms with E-state index in [2.05, 4.69) is 0 Å². The van der Waals surface area contributed by atoms with Gasteiger partial charge in [-0.15, -0.1) is 0 Å². The number of hydrogen-bond acceptors (Lipinski definition) is 5. The standard InChI is InChI=1S/C31H27ClO5/c1-3-36-31(35)29(34)28-26(19-11-9-18(2)10-12-19)21(17-33)15-24-27(28)23-16-22(32)13-14-25(23)37-30(24)20-7-5-4-6-8-20/h4-17,24,26-28,30H,3H2,1-2H3/t24-,26+,27+,28-,30+/m0/s1. The van der Waals surface area contributed by atoms with Crippen LogP contribution in [0.15, 0.2) is 84.4 Å². The molecule has 0 N–H and O–H groups in total. The Bertz CT molecular complexity index is 1360. The fraction of sp³-hybridized carbons (Fsp3) is 0.258. The van der Waals surface area contributed by atoms with Crippen LogP contribution in [0.25, 0.3) is 0 Å². The van der Waals surface area contributed by atoms with Gasteiger partial charge >= 0.3 is 5.97 Å². The number of hydrogen-bond donors (Lipinski definition) is 0. The highest BCUT2D eigenvalue weighted by Crippen LogP contribution is 2.57. The summed E-state index contributed by atoms with van der Waals surface area (Å²) in [5.74, 6) is -3.33. The lowest BCUT2D eigenvalue weighted by atomic mass is 9.59. The lowest BCUT2D eigenvalue weighted by Crippen LogP contribution is -2.44. The Morgan fingerprint density at radius 1 is 1.00 bits per heavy atom. The first-order valence-electron chi connectivity index (χ1n) is 12.4. The molecule has 0 spiro atoms. The minimum absolute atomic E-state index is 0.0785. The van der Waals surface area contributed by atoms with Gasteiger partial charge in [0.1, 0.15) is 18.1 Å². The fourth-order valence-corrected chi connectivity index (χ4v) is 5.92. The highest BCUT2D eigenvalue weighted by atomic mass is 35.5. The number of carbonyl (C=O) groups excluding carboxylic acids is 3. The number of halogens is 1. The van der Waals surface area contributed by atoms with Crippen LogP contribution >= 0.6 is 11.6 Å². The summed E-state index contributed by atoms with van der Waals surface area (Å²) < 4.78 is 11.7. The number of rotatable bonds is 6. The number of aryl methyl sites for hydroxylation is 1. The summed E-state index contributed by atoms with van der Waals surface area (Å²) in [5, 5.41) is 0.499. The maximum absolute atomic E-state index is 13.9. The van der Waals surface area contributed by atoms with Crippen molar-refractivity contribution in [2.45, 2.75) is 31.8 Å². The smallest absolute Gasteiger partial charge is 0.374 e. The molecule has 3 aromatic rings. The van der Waals surface area contributed by atoms with Crippen LogP contribution in [-0.2, 0) is 19.1 Å². The van der Waals surface area contributed by atoms with E-state index >= 15 is 0 Å². The number of fused-ring (bicyclic) bond motifs is 3. The molecule has 0 fully saturated rings. The van der Waals surface area contributed by atoms with Crippen LogP contribution in [0.1, 0.15) is 47.1 Å². The molecule has 1 aliphatic heterocycles. The number of benzene rings is 3. The molecule has 0 radical (unpaired) electrons. The average molecular weight is 515 g/mol. The molecule has 188 valence electrons. The van der Waals surface area contributed by atoms with Crippen LogP contribution < -0.4 is 4.74 Å². The quantitative estimate of drug-likeness (QED) is 0.224. The Kier molecular flexibility index (Phi) is 6.98. The van der Waals surface area contributed by atoms with E-state index in [-0.39, 0.29) is 6.61 Å². The van der Waals surface area contributed by atoms with Crippen LogP contribution in [-0.4, -0.2) is 24.6 Å². The second-order valence-electron chi connectivity index (χ2n) is 9.52. The van der Waals surface area contributed by atoms with E-state index in [1.165, 1.54) is 0 Å². The highest BCUT2D eigenvalue weighted by molar-refractivity contribution is 6.35. The number of esters is 1. The van der Waals surface area contributed by atoms with E-state index < -0.39 is 41.5 Å². The maximum atomic E-state index is 13.9. The molecule has 1 aliphatic carbocycles. The number of Topliss-reactive ketones (excluding diaryl/α,β-unsaturated/α-hetero) is 1. The molecule has 0 aromatic heterocycles. The number of ketones is 1. The van der Waals surface area contributed by atoms with Crippen molar-refractivity contribution in [1.82, 2.24) is 0 Å². The molecule has 1 heterocycles. The summed E-state index contributed by atoms with van der Waals surface area (Å²) in [6.45, 7) is 3.72. The van der Waals surface area contributed by atoms with Gasteiger partial charge in [-0.05, 0) is 48.7 Å². The molecule has 2 aliphatic rings. The molecule has 37 heavy (non-hydrogen) atoms. The second-order valence-corrected chi connectivity index (χ2v) is 9.95. The topological polar surface area (TPSA) is 69.7 Å². The maximum Gasteiger partial charge on any atom is 0.374 e. The van der Waals surface area contributed by atoms with E-state index in [0.717, 1.165) is 28.5 Å². The van der Waals surface area contributed by atoms with Gasteiger partial charge in [-0.25, -0.2) is 4.79 Å². The van der Waals surface area contributed by atoms with E-state index in [1.807, 2.05) is 67.6 Å². The predicted octanol–water partition coefficient (Wildman–Crippen LogP) is 6.15. The largest absolute Gasteiger partial charge is 0.485 e. The van der Waals surface area contributed by atoms with Crippen molar-refractivity contribution in [2.24, 2.45) is 11.8 Å². The molecule has 0 saturated heterocycles. The molecule has 5 atom stereocenters. The summed E-state index contributed by atoms with van der Waals surface area (Å²) in [7, 11) is 0. The summed E-state index contributed by atoms with van der Waals surface area (Å²) >= 11 is 6.42. The van der Waals surface area contributed by atoms with E-state index in [0.29, 0.717) is 16.3 Å². The van der Waals surface area contributed by atoms with Crippen LogP contribution in [0.3, 0.4) is 0 Å². The SMILES string of the molecule is CCOC(=O)C(=O)[C@@H]1[C@@H]2c3cc(Cl)ccc3O[C@H](c3ccccc3)[C@H]2C=C(C=O)[C@H]1c1ccc(C)cc1. The Labute approximate surface area is 221 Å². The monoisotopic (exact) mass is 514 g/mol. The van der Waals surface area contributed by atoms with Gasteiger partial charge in [0, 0.05) is 34.3 Å². The zero-order valence-corrected chi connectivity index (χ0v) is 21.4. The second kappa shape index (κ2) is 10.3. The first-order valence-corrected chi connectivity index (χ1v) is 12.8. The van der Waals surface area contributed by atoms with Crippen molar-refractivity contribution in [1.29, 1.82) is 0 Å². The summed E-state index contributed by atoms with van der Waals surface area (Å²) in [6.07, 6.45) is 2.24. The lowest BCUT2D eigenvalue weighted by molar-refractivity contribution is -0.156. The van der Waals surface area contributed by atoms with Gasteiger partial charge < -0.3 is 9.47 Å². The molecule has 0 saturated carbocycles. The molecule has 6 heteroatoms. The third kappa shape index (κ3) is 4.60. The van der Waals surface area contributed by atoms with Crippen LogP contribution in [0, 0.1) is 18.8 Å². The van der Waals surface area contributed by atoms with Crippen LogP contribution in [0.5, 0.6) is 5.75 Å². The Hall–Kier alpha value is -3.70. The molecule has 5 rings (SSSR count). The van der Waals surface area contributed by atoms with Crippen molar-refractivity contribution >= 4 is 29.6 Å². The van der Waals surface area contributed by atoms with Gasteiger partial charge in [0.25, 0.3) is 0 Å². The summed E-state index contributed by atoms with van der Waals surface area (Å²) in [5.41, 5.74) is 3.94. The van der Waals surface area contributed by atoms with E-state index in [9.17, 15) is 14.4 Å². The van der Waals surface area contributed by atoms with Crippen molar-refractivity contribution in [2.75, 3.05) is 6.61 Å². The summed E-state index contributed by atoms with van der Waals surface area (Å²) in [6, 6.07) is 22.8. The first kappa shape index (κ1) is 25.0. The number of ether oxygens (including phenoxy) is 2. The van der Waals surface area contributed by atoms with Crippen molar-refractivity contribution < 1.29 is 23.9 Å². The number of carbonyl (C=O) groups is 3. The molecule has 0 amide bonds. The molecular formula is C31H27ClO5. The van der Waals surface area contributed by atoms with Crippen molar-refractivity contribution in [3.63, 3.8) is 0 Å². The van der Waals surface area contributed by atoms with Crippen molar-refractivity contribution in [3.05, 3.63) is 112 Å². The normalized spacial score (nSPS) is 24.1.